The summed E-state index contributed by atoms with van der Waals surface area (Å²) in [6.07, 6.45) is 2.87. The SMILES string of the molecule is CC=COCC(COP(O)OOCN)OCOC. The van der Waals surface area contributed by atoms with Crippen LogP contribution in [-0.4, -0.2) is 44.8 Å². The fourth-order valence-corrected chi connectivity index (χ4v) is 1.30. The van der Waals surface area contributed by atoms with E-state index in [1.807, 2.05) is 6.92 Å². The molecule has 0 aliphatic carbocycles. The topological polar surface area (TPSA) is 102 Å². The summed E-state index contributed by atoms with van der Waals surface area (Å²) in [5.74, 6) is 0. The molecule has 8 nitrogen and oxygen atoms in total. The van der Waals surface area contributed by atoms with Gasteiger partial charge in [0, 0.05) is 7.11 Å². The summed E-state index contributed by atoms with van der Waals surface area (Å²) in [7, 11) is -0.647. The molecule has 0 rings (SSSR count). The Bertz CT molecular complexity index is 207. The van der Waals surface area contributed by atoms with Crippen molar-refractivity contribution >= 4 is 8.60 Å². The van der Waals surface area contributed by atoms with Crippen molar-refractivity contribution in [2.75, 3.05) is 33.8 Å². The lowest BCUT2D eigenvalue weighted by molar-refractivity contribution is -0.215. The van der Waals surface area contributed by atoms with Crippen molar-refractivity contribution < 1.29 is 33.2 Å². The molecule has 0 spiro atoms. The van der Waals surface area contributed by atoms with Crippen LogP contribution in [0.3, 0.4) is 0 Å². The fourth-order valence-electron chi connectivity index (χ4n) is 0.812. The number of rotatable bonds is 12. The maximum absolute atomic E-state index is 9.22. The standard InChI is InChI=1S/C9H20NO7P/c1-3-4-13-5-9(14-8-12-2)6-16-18(11)17-15-7-10/h3-4,9,11H,5-8,10H2,1-2H3. The van der Waals surface area contributed by atoms with Gasteiger partial charge in [-0.05, 0) is 6.92 Å². The van der Waals surface area contributed by atoms with Crippen LogP contribution in [0.15, 0.2) is 12.3 Å². The summed E-state index contributed by atoms with van der Waals surface area (Å²) in [6, 6.07) is 0. The first kappa shape index (κ1) is 17.7. The Kier molecular flexibility index (Phi) is 12.9. The highest BCUT2D eigenvalue weighted by atomic mass is 31.2. The first-order valence-electron chi connectivity index (χ1n) is 5.19. The van der Waals surface area contributed by atoms with Gasteiger partial charge in [-0.15, -0.1) is 0 Å². The second kappa shape index (κ2) is 13.1. The number of nitrogens with two attached hydrogens (primary N) is 1. The largest absolute Gasteiger partial charge is 0.499 e. The predicted molar refractivity (Wildman–Crippen MR) is 63.8 cm³/mol. The third-order valence-corrected chi connectivity index (χ3v) is 2.09. The van der Waals surface area contributed by atoms with E-state index < -0.39 is 14.7 Å². The van der Waals surface area contributed by atoms with Crippen LogP contribution in [-0.2, 0) is 28.3 Å². The van der Waals surface area contributed by atoms with Gasteiger partial charge in [0.1, 0.15) is 26.2 Å². The maximum atomic E-state index is 9.22. The van der Waals surface area contributed by atoms with E-state index in [2.05, 4.69) is 9.56 Å². The Morgan fingerprint density at radius 2 is 2.17 bits per heavy atom. The molecule has 0 bridgehead atoms. The van der Waals surface area contributed by atoms with Crippen LogP contribution in [0.4, 0.5) is 0 Å². The second-order valence-electron chi connectivity index (χ2n) is 2.89. The van der Waals surface area contributed by atoms with Crippen LogP contribution in [0, 0.1) is 0 Å². The number of ether oxygens (including phenoxy) is 3. The molecule has 0 radical (unpaired) electrons. The zero-order valence-corrected chi connectivity index (χ0v) is 11.4. The molecular weight excluding hydrogens is 265 g/mol. The third-order valence-electron chi connectivity index (χ3n) is 1.49. The van der Waals surface area contributed by atoms with Gasteiger partial charge in [0.25, 0.3) is 0 Å². The molecule has 0 saturated carbocycles. The van der Waals surface area contributed by atoms with Gasteiger partial charge in [0.2, 0.25) is 0 Å². The van der Waals surface area contributed by atoms with Crippen LogP contribution in [0.1, 0.15) is 6.92 Å². The van der Waals surface area contributed by atoms with Gasteiger partial charge >= 0.3 is 8.60 Å². The molecule has 0 heterocycles. The number of hydrogen-bond acceptors (Lipinski definition) is 8. The molecule has 0 fully saturated rings. The quantitative estimate of drug-likeness (QED) is 0.177. The van der Waals surface area contributed by atoms with Crippen molar-refractivity contribution in [2.24, 2.45) is 5.73 Å². The van der Waals surface area contributed by atoms with Gasteiger partial charge in [-0.2, -0.15) is 4.67 Å². The Balaban J connectivity index is 3.82. The van der Waals surface area contributed by atoms with Gasteiger partial charge in [-0.1, -0.05) is 6.08 Å². The molecule has 108 valence electrons. The van der Waals surface area contributed by atoms with Gasteiger partial charge in [-0.3, -0.25) is 0 Å². The van der Waals surface area contributed by atoms with Crippen molar-refractivity contribution in [1.82, 2.24) is 0 Å². The minimum Gasteiger partial charge on any atom is -0.499 e. The minimum atomic E-state index is -2.15. The fraction of sp³-hybridized carbons (Fsp3) is 0.778. The van der Waals surface area contributed by atoms with Gasteiger partial charge in [0.05, 0.1) is 12.9 Å². The molecule has 0 aliphatic heterocycles. The summed E-state index contributed by atoms with van der Waals surface area (Å²) < 4.78 is 24.6. The number of hydrogen-bond donors (Lipinski definition) is 2. The summed E-state index contributed by atoms with van der Waals surface area (Å²) in [5.41, 5.74) is 5.01. The van der Waals surface area contributed by atoms with Crippen molar-refractivity contribution in [3.05, 3.63) is 12.3 Å². The lowest BCUT2D eigenvalue weighted by atomic mass is 10.4. The Hall–Kier alpha value is -0.310. The molecular formula is C9H20NO7P. The Morgan fingerprint density at radius 1 is 1.39 bits per heavy atom. The summed E-state index contributed by atoms with van der Waals surface area (Å²) in [6.45, 7) is 2.08. The van der Waals surface area contributed by atoms with Crippen LogP contribution in [0.5, 0.6) is 0 Å². The average molecular weight is 285 g/mol. The van der Waals surface area contributed by atoms with E-state index in [1.165, 1.54) is 13.4 Å². The molecule has 0 amide bonds. The van der Waals surface area contributed by atoms with E-state index in [1.54, 1.807) is 6.08 Å². The maximum Gasteiger partial charge on any atom is 0.360 e. The molecule has 0 aromatic heterocycles. The molecule has 0 aromatic carbocycles. The third kappa shape index (κ3) is 10.8. The highest BCUT2D eigenvalue weighted by molar-refractivity contribution is 7.40. The molecule has 18 heavy (non-hydrogen) atoms. The van der Waals surface area contributed by atoms with Crippen molar-refractivity contribution in [2.45, 2.75) is 13.0 Å². The van der Waals surface area contributed by atoms with Gasteiger partial charge in [0.15, 0.2) is 0 Å². The predicted octanol–water partition coefficient (Wildman–Crippen LogP) is 0.626. The smallest absolute Gasteiger partial charge is 0.360 e. The van der Waals surface area contributed by atoms with E-state index in [9.17, 15) is 4.89 Å². The van der Waals surface area contributed by atoms with Crippen molar-refractivity contribution in [1.29, 1.82) is 0 Å². The second-order valence-corrected chi connectivity index (χ2v) is 3.77. The van der Waals surface area contributed by atoms with E-state index >= 15 is 0 Å². The van der Waals surface area contributed by atoms with Crippen molar-refractivity contribution in [3.63, 3.8) is 0 Å². The first-order valence-corrected chi connectivity index (χ1v) is 6.32. The van der Waals surface area contributed by atoms with Crippen molar-refractivity contribution in [3.8, 4) is 0 Å². The number of allylic oxidation sites excluding steroid dienone is 1. The summed E-state index contributed by atoms with van der Waals surface area (Å²) in [5, 5.41) is 0. The van der Waals surface area contributed by atoms with E-state index in [0.29, 0.717) is 0 Å². The van der Waals surface area contributed by atoms with E-state index in [-0.39, 0.29) is 26.7 Å². The lowest BCUT2D eigenvalue weighted by Crippen LogP contribution is -2.25. The highest BCUT2D eigenvalue weighted by Gasteiger charge is 2.15. The summed E-state index contributed by atoms with van der Waals surface area (Å²) in [4.78, 5) is 13.6. The molecule has 3 N–H and O–H groups in total. The van der Waals surface area contributed by atoms with Crippen LogP contribution >= 0.6 is 8.60 Å². The molecule has 2 unspecified atom stereocenters. The zero-order valence-electron chi connectivity index (χ0n) is 10.5. The average Bonchev–Trinajstić information content (AvgIpc) is 2.39. The Morgan fingerprint density at radius 3 is 2.78 bits per heavy atom. The zero-order chi connectivity index (χ0) is 13.6. The van der Waals surface area contributed by atoms with Crippen LogP contribution in [0.2, 0.25) is 0 Å². The molecule has 0 aromatic rings. The van der Waals surface area contributed by atoms with Gasteiger partial charge in [-0.25, -0.2) is 4.89 Å². The number of methoxy groups -OCH3 is 1. The lowest BCUT2D eigenvalue weighted by Gasteiger charge is -2.17. The van der Waals surface area contributed by atoms with Crippen LogP contribution in [0.25, 0.3) is 0 Å². The normalized spacial score (nSPS) is 14.9. The summed E-state index contributed by atoms with van der Waals surface area (Å²) >= 11 is 0. The van der Waals surface area contributed by atoms with E-state index in [0.717, 1.165) is 0 Å². The Labute approximate surface area is 107 Å². The molecule has 0 saturated heterocycles. The first-order chi connectivity index (χ1) is 8.74. The molecule has 9 heteroatoms. The van der Waals surface area contributed by atoms with Gasteiger partial charge < -0.3 is 29.4 Å². The molecule has 2 atom stereocenters. The highest BCUT2D eigenvalue weighted by Crippen LogP contribution is 2.32. The van der Waals surface area contributed by atoms with Crippen LogP contribution < -0.4 is 5.73 Å². The minimum absolute atomic E-state index is 0.0665. The molecule has 0 aliphatic rings. The monoisotopic (exact) mass is 285 g/mol. The van der Waals surface area contributed by atoms with E-state index in [4.69, 9.17) is 24.5 Å².